The van der Waals surface area contributed by atoms with Crippen molar-refractivity contribution in [1.82, 2.24) is 38.7 Å². The third kappa shape index (κ3) is 8.95. The molecule has 0 saturated carbocycles. The highest BCUT2D eigenvalue weighted by Gasteiger charge is 2.32. The van der Waals surface area contributed by atoms with Crippen molar-refractivity contribution in [1.29, 1.82) is 0 Å². The molecule has 0 unspecified atom stereocenters. The van der Waals surface area contributed by atoms with Gasteiger partial charge >= 0.3 is 12.4 Å². The highest BCUT2D eigenvalue weighted by atomic mass is 35.5. The molecule has 0 saturated heterocycles. The van der Waals surface area contributed by atoms with Gasteiger partial charge in [-0.05, 0) is 59.8 Å². The first-order chi connectivity index (χ1) is 28.5. The number of hydrogen-bond acceptors (Lipinski definition) is 9. The summed E-state index contributed by atoms with van der Waals surface area (Å²) in [5, 5.41) is 8.55. The quantitative estimate of drug-likeness (QED) is 0.111. The molecule has 0 fully saturated rings. The van der Waals surface area contributed by atoms with E-state index in [9.17, 15) is 35.9 Å². The van der Waals surface area contributed by atoms with Gasteiger partial charge in [-0.25, -0.2) is 9.98 Å². The maximum Gasteiger partial charge on any atom is 0.416 e. The van der Waals surface area contributed by atoms with Gasteiger partial charge in [-0.2, -0.15) is 46.5 Å². The lowest BCUT2D eigenvalue weighted by Crippen LogP contribution is -2.27. The molecule has 2 aliphatic heterocycles. The SMILES string of the molecule is CCCn1c(Cl)nc2c(c1=O)CC(c1cnn(Cc3cccc(C(F)(F)F)c3)c1)=N2.CCCn1c(N)nc2c(c1=O)CC(c1cnn(Cc3cccc(C(F)(F)F)c3)c1)=N2. The molecule has 8 rings (SSSR count). The molecule has 2 N–H and O–H groups in total. The first kappa shape index (κ1) is 41.8. The second-order valence-electron chi connectivity index (χ2n) is 14.1. The van der Waals surface area contributed by atoms with Gasteiger partial charge in [0, 0.05) is 49.5 Å². The molecule has 6 aromatic rings. The smallest absolute Gasteiger partial charge is 0.369 e. The second kappa shape index (κ2) is 16.7. The van der Waals surface area contributed by atoms with Crippen LogP contribution in [0, 0.1) is 0 Å². The fourth-order valence-corrected chi connectivity index (χ4v) is 7.02. The van der Waals surface area contributed by atoms with Crippen molar-refractivity contribution in [2.24, 2.45) is 9.98 Å². The number of benzene rings is 2. The summed E-state index contributed by atoms with van der Waals surface area (Å²) in [4.78, 5) is 42.6. The van der Waals surface area contributed by atoms with Gasteiger partial charge in [-0.1, -0.05) is 38.1 Å². The van der Waals surface area contributed by atoms with Gasteiger partial charge in [-0.3, -0.25) is 28.1 Å². The Hall–Kier alpha value is -6.37. The second-order valence-corrected chi connectivity index (χ2v) is 14.4. The molecule has 0 bridgehead atoms. The fourth-order valence-electron chi connectivity index (χ4n) is 6.78. The van der Waals surface area contributed by atoms with E-state index in [1.807, 2.05) is 13.8 Å². The molecule has 312 valence electrons. The van der Waals surface area contributed by atoms with Crippen molar-refractivity contribution < 1.29 is 26.3 Å². The molecule has 60 heavy (non-hydrogen) atoms. The lowest BCUT2D eigenvalue weighted by Gasteiger charge is -2.08. The van der Waals surface area contributed by atoms with Gasteiger partial charge in [-0.15, -0.1) is 0 Å². The standard InChI is InChI=1S/C20H17ClF3N5O.C20H19F3N6O/c1-2-6-29-18(30)15-8-16(26-17(15)27-19(29)21)13-9-25-28(11-13)10-12-4-3-5-14(7-12)20(22,23)24;1-2-6-29-18(30)15-8-16(26-17(15)27-19(29)24)13-9-25-28(11-13)10-12-4-3-5-14(7-12)20(21,22)23/h3-5,7,9,11H,2,6,8,10H2,1H3;3-5,7,9,11H,2,6,8,10H2,1H3,(H2,24,27). The molecule has 13 nitrogen and oxygen atoms in total. The lowest BCUT2D eigenvalue weighted by molar-refractivity contribution is -0.138. The van der Waals surface area contributed by atoms with E-state index in [0.717, 1.165) is 37.1 Å². The normalized spacial score (nSPS) is 13.4. The Morgan fingerprint density at radius 3 is 1.60 bits per heavy atom. The van der Waals surface area contributed by atoms with Crippen molar-refractivity contribution in [3.8, 4) is 0 Å². The molecule has 4 aromatic heterocycles. The van der Waals surface area contributed by atoms with Gasteiger partial charge < -0.3 is 5.73 Å². The minimum Gasteiger partial charge on any atom is -0.369 e. The molecule has 0 radical (unpaired) electrons. The minimum atomic E-state index is -4.39. The van der Waals surface area contributed by atoms with Crippen LogP contribution in [0.25, 0.3) is 0 Å². The number of anilines is 1. The third-order valence-electron chi connectivity index (χ3n) is 9.66. The lowest BCUT2D eigenvalue weighted by atomic mass is 10.1. The molecule has 0 amide bonds. The van der Waals surface area contributed by atoms with E-state index in [1.54, 1.807) is 36.9 Å². The van der Waals surface area contributed by atoms with E-state index in [2.05, 4.69) is 30.2 Å². The Kier molecular flexibility index (Phi) is 11.6. The van der Waals surface area contributed by atoms with E-state index < -0.39 is 23.5 Å². The molecule has 0 atom stereocenters. The molecule has 20 heteroatoms. The summed E-state index contributed by atoms with van der Waals surface area (Å²) in [6.07, 6.45) is -0.148. The van der Waals surface area contributed by atoms with E-state index in [-0.39, 0.29) is 35.4 Å². The number of alkyl halides is 6. The average molecular weight is 852 g/mol. The van der Waals surface area contributed by atoms with Gasteiger partial charge in [0.1, 0.15) is 0 Å². The summed E-state index contributed by atoms with van der Waals surface area (Å²) < 4.78 is 83.3. The van der Waals surface area contributed by atoms with Crippen LogP contribution < -0.4 is 16.9 Å². The molecule has 2 aliphatic rings. The molecule has 0 aliphatic carbocycles. The van der Waals surface area contributed by atoms with E-state index in [4.69, 9.17) is 17.3 Å². The number of nitrogen functional groups attached to an aromatic ring is 1. The van der Waals surface area contributed by atoms with E-state index >= 15 is 0 Å². The predicted molar refractivity (Wildman–Crippen MR) is 212 cm³/mol. The molecular formula is C40H36ClF6N11O2. The van der Waals surface area contributed by atoms with Crippen molar-refractivity contribution in [2.45, 2.75) is 78.1 Å². The number of hydrogen-bond donors (Lipinski definition) is 1. The van der Waals surface area contributed by atoms with Crippen LogP contribution in [0.2, 0.25) is 5.28 Å². The van der Waals surface area contributed by atoms with Gasteiger partial charge in [0.25, 0.3) is 11.1 Å². The van der Waals surface area contributed by atoms with Crippen molar-refractivity contribution in [3.63, 3.8) is 0 Å². The fraction of sp³-hybridized carbons (Fsp3) is 0.300. The Bertz CT molecular complexity index is 2580. The summed E-state index contributed by atoms with van der Waals surface area (Å²) in [7, 11) is 0. The molecule has 2 aromatic carbocycles. The summed E-state index contributed by atoms with van der Waals surface area (Å²) >= 11 is 6.11. The maximum atomic E-state index is 12.9. The topological polar surface area (TPSA) is 156 Å². The van der Waals surface area contributed by atoms with Crippen LogP contribution in [0.3, 0.4) is 0 Å². The molecule has 6 heterocycles. The van der Waals surface area contributed by atoms with Crippen LogP contribution in [0.15, 0.2) is 92.9 Å². The zero-order valence-electron chi connectivity index (χ0n) is 32.1. The highest BCUT2D eigenvalue weighted by Crippen LogP contribution is 2.32. The zero-order valence-corrected chi connectivity index (χ0v) is 32.9. The van der Waals surface area contributed by atoms with E-state index in [1.165, 1.54) is 30.6 Å². The number of rotatable bonds is 10. The number of nitrogens with two attached hydrogens (primary N) is 1. The van der Waals surface area contributed by atoms with Crippen LogP contribution in [-0.2, 0) is 51.4 Å². The first-order valence-corrected chi connectivity index (χ1v) is 19.1. The Labute approximate surface area is 342 Å². The summed E-state index contributed by atoms with van der Waals surface area (Å²) in [5.74, 6) is 0.745. The van der Waals surface area contributed by atoms with Crippen molar-refractivity contribution >= 4 is 40.6 Å². The Morgan fingerprint density at radius 1 is 0.683 bits per heavy atom. The average Bonchev–Trinajstić information content (AvgIpc) is 4.02. The largest absolute Gasteiger partial charge is 0.416 e. The van der Waals surface area contributed by atoms with Crippen LogP contribution in [0.5, 0.6) is 0 Å². The monoisotopic (exact) mass is 851 g/mol. The third-order valence-corrected chi connectivity index (χ3v) is 9.95. The maximum absolute atomic E-state index is 12.9. The summed E-state index contributed by atoms with van der Waals surface area (Å²) in [6, 6.07) is 10.2. The van der Waals surface area contributed by atoms with Crippen LogP contribution in [0.1, 0.15) is 71.2 Å². The van der Waals surface area contributed by atoms with Crippen LogP contribution in [-0.4, -0.2) is 50.1 Å². The molecular weight excluding hydrogens is 816 g/mol. The highest BCUT2D eigenvalue weighted by molar-refractivity contribution is 6.28. The van der Waals surface area contributed by atoms with E-state index in [0.29, 0.717) is 82.4 Å². The summed E-state index contributed by atoms with van der Waals surface area (Å²) in [6.45, 7) is 5.20. The Balaban J connectivity index is 0.000000181. The van der Waals surface area contributed by atoms with Crippen molar-refractivity contribution in [3.05, 3.63) is 144 Å². The van der Waals surface area contributed by atoms with Crippen molar-refractivity contribution in [2.75, 3.05) is 5.73 Å². The predicted octanol–water partition coefficient (Wildman–Crippen LogP) is 7.42. The van der Waals surface area contributed by atoms with Gasteiger partial charge in [0.15, 0.2) is 11.6 Å². The van der Waals surface area contributed by atoms with Gasteiger partial charge in [0.2, 0.25) is 11.2 Å². The molecule has 0 spiro atoms. The first-order valence-electron chi connectivity index (χ1n) is 18.7. The Morgan fingerprint density at radius 2 is 1.13 bits per heavy atom. The van der Waals surface area contributed by atoms with Crippen LogP contribution >= 0.6 is 11.6 Å². The van der Waals surface area contributed by atoms with Gasteiger partial charge in [0.05, 0.1) is 59.2 Å². The number of fused-ring (bicyclic) bond motifs is 2. The number of aliphatic imine (C=N–C) groups is 2. The minimum absolute atomic E-state index is 0.103. The zero-order chi connectivity index (χ0) is 42.9. The number of nitrogens with zero attached hydrogens (tertiary/aromatic N) is 10. The number of halogens is 7. The van der Waals surface area contributed by atoms with Crippen LogP contribution in [0.4, 0.5) is 43.9 Å². The number of aromatic nitrogens is 8. The summed E-state index contributed by atoms with van der Waals surface area (Å²) in [5.41, 5.74) is 8.60.